The molecular weight excluding hydrogens is 1060 g/mol. The number of unbranched alkanes of at least 4 members (excludes halogenated alkanes) is 61. The zero-order valence-corrected chi connectivity index (χ0v) is 60.7. The van der Waals surface area contributed by atoms with Gasteiger partial charge in [0.25, 0.3) is 0 Å². The number of aliphatic hydroxyl groups is 2. The predicted molar refractivity (Wildman–Crippen MR) is 390 cm³/mol. The van der Waals surface area contributed by atoms with Crippen LogP contribution in [0, 0.1) is 17.8 Å². The van der Waals surface area contributed by atoms with Crippen molar-refractivity contribution in [1.82, 2.24) is 0 Å². The van der Waals surface area contributed by atoms with Crippen LogP contribution in [0.3, 0.4) is 0 Å². The summed E-state index contributed by atoms with van der Waals surface area (Å²) in [7, 11) is 1.48. The largest absolute Gasteiger partial charge is 0.469 e. The van der Waals surface area contributed by atoms with Crippen LogP contribution >= 0.6 is 0 Å². The van der Waals surface area contributed by atoms with Crippen molar-refractivity contribution in [3.05, 3.63) is 12.2 Å². The lowest BCUT2D eigenvalue weighted by molar-refractivity contribution is -0.150. The lowest BCUT2D eigenvalue weighted by atomic mass is 9.91. The van der Waals surface area contributed by atoms with Crippen LogP contribution in [0.15, 0.2) is 12.2 Å². The van der Waals surface area contributed by atoms with E-state index in [2.05, 4.69) is 39.8 Å². The molecule has 0 unspecified atom stereocenters. The maximum absolute atomic E-state index is 12.5. The Labute approximate surface area is 549 Å². The van der Waals surface area contributed by atoms with Crippen molar-refractivity contribution >= 4 is 5.97 Å². The number of methoxy groups -OCH3 is 1. The van der Waals surface area contributed by atoms with E-state index in [4.69, 9.17) is 4.74 Å². The molecule has 0 aromatic carbocycles. The summed E-state index contributed by atoms with van der Waals surface area (Å²) in [5.74, 6) is 0.643. The van der Waals surface area contributed by atoms with Gasteiger partial charge in [0.15, 0.2) is 0 Å². The van der Waals surface area contributed by atoms with E-state index in [1.807, 2.05) is 0 Å². The molecule has 0 saturated carbocycles. The van der Waals surface area contributed by atoms with E-state index in [-0.39, 0.29) is 18.0 Å². The number of rotatable bonds is 76. The molecule has 520 valence electrons. The molecule has 0 aliphatic rings. The van der Waals surface area contributed by atoms with E-state index < -0.39 is 6.10 Å². The van der Waals surface area contributed by atoms with Crippen molar-refractivity contribution in [1.29, 1.82) is 0 Å². The zero-order chi connectivity index (χ0) is 63.1. The van der Waals surface area contributed by atoms with Crippen LogP contribution < -0.4 is 0 Å². The highest BCUT2D eigenvalue weighted by Gasteiger charge is 2.27. The van der Waals surface area contributed by atoms with Gasteiger partial charge >= 0.3 is 5.97 Å². The monoisotopic (exact) mass is 1230 g/mol. The van der Waals surface area contributed by atoms with E-state index in [9.17, 15) is 15.0 Å². The first kappa shape index (κ1) is 86.1. The zero-order valence-electron chi connectivity index (χ0n) is 60.7. The Kier molecular flexibility index (Phi) is 73.4. The third kappa shape index (κ3) is 67.8. The van der Waals surface area contributed by atoms with Crippen molar-refractivity contribution in [2.45, 2.75) is 489 Å². The Hall–Kier alpha value is -0.870. The molecule has 87 heavy (non-hydrogen) atoms. The third-order valence-electron chi connectivity index (χ3n) is 20.5. The lowest BCUT2D eigenvalue weighted by Crippen LogP contribution is -2.29. The maximum atomic E-state index is 12.5. The molecule has 0 spiro atoms. The van der Waals surface area contributed by atoms with E-state index in [0.717, 1.165) is 50.9 Å². The van der Waals surface area contributed by atoms with E-state index in [1.165, 1.54) is 412 Å². The van der Waals surface area contributed by atoms with Gasteiger partial charge in [0.1, 0.15) is 0 Å². The summed E-state index contributed by atoms with van der Waals surface area (Å²) in [4.78, 5) is 12.5. The Morgan fingerprint density at radius 3 is 0.782 bits per heavy atom. The number of allylic oxidation sites excluding steroid dienone is 2. The number of carbonyl (C=O) groups excluding carboxylic acids is 1. The fraction of sp³-hybridized carbons (Fsp3) is 0.964. The second-order valence-corrected chi connectivity index (χ2v) is 29.3. The summed E-state index contributed by atoms with van der Waals surface area (Å²) in [6.45, 7) is 9.31. The van der Waals surface area contributed by atoms with E-state index in [0.29, 0.717) is 5.92 Å². The first-order valence-electron chi connectivity index (χ1n) is 41.0. The average molecular weight is 1230 g/mol. The molecule has 0 aliphatic carbocycles. The minimum atomic E-state index is -0.558. The normalized spacial score (nSPS) is 13.7. The van der Waals surface area contributed by atoms with Crippen molar-refractivity contribution in [2.75, 3.05) is 7.11 Å². The van der Waals surface area contributed by atoms with Gasteiger partial charge < -0.3 is 14.9 Å². The highest BCUT2D eigenvalue weighted by molar-refractivity contribution is 5.72. The number of esters is 1. The highest BCUT2D eigenvalue weighted by Crippen LogP contribution is 2.25. The third-order valence-corrected chi connectivity index (χ3v) is 20.5. The molecule has 0 aromatic heterocycles. The highest BCUT2D eigenvalue weighted by atomic mass is 16.5. The molecule has 5 atom stereocenters. The molecule has 0 amide bonds. The molecule has 0 rings (SSSR count). The Morgan fingerprint density at radius 2 is 0.506 bits per heavy atom. The van der Waals surface area contributed by atoms with Gasteiger partial charge in [-0.2, -0.15) is 0 Å². The summed E-state index contributed by atoms with van der Waals surface area (Å²) in [6, 6.07) is 0. The van der Waals surface area contributed by atoms with Gasteiger partial charge in [0.2, 0.25) is 0 Å². The molecule has 0 aliphatic heterocycles. The van der Waals surface area contributed by atoms with Crippen molar-refractivity contribution in [3.63, 3.8) is 0 Å². The smallest absolute Gasteiger partial charge is 0.311 e. The fourth-order valence-corrected chi connectivity index (χ4v) is 14.0. The standard InChI is InChI=1S/C83H164O4/c1-6-8-10-12-14-16-18-20-22-24-25-26-27-33-39-45-51-57-63-69-75-80(83(86)87-5)82(85)77-71-65-59-53-47-41-35-29-31-37-43-49-55-61-67-73-78(3)72-66-60-54-48-42-36-30-28-34-40-46-52-58-64-70-76-81(84)79(4)74-68-62-56-50-44-38-32-23-21-19-17-15-13-11-9-7-2/h66,72,78-82,84-85H,6-65,67-71,73-77H2,1-5H3/t78-,79+,80+,81+,82+/m0/s1. The summed E-state index contributed by atoms with van der Waals surface area (Å²) in [5.41, 5.74) is 0. The first-order chi connectivity index (χ1) is 42.9. The molecule has 0 saturated heterocycles. The van der Waals surface area contributed by atoms with Crippen LogP contribution in [0.25, 0.3) is 0 Å². The topological polar surface area (TPSA) is 66.8 Å². The average Bonchev–Trinajstić information content (AvgIpc) is 3.56. The van der Waals surface area contributed by atoms with E-state index in [1.54, 1.807) is 0 Å². The Morgan fingerprint density at radius 1 is 0.287 bits per heavy atom. The summed E-state index contributed by atoms with van der Waals surface area (Å²) >= 11 is 0. The molecule has 0 bridgehead atoms. The van der Waals surface area contributed by atoms with Crippen molar-refractivity contribution in [2.24, 2.45) is 17.8 Å². The van der Waals surface area contributed by atoms with Gasteiger partial charge in [0, 0.05) is 0 Å². The summed E-state index contributed by atoms with van der Waals surface area (Å²) in [5, 5.41) is 21.7. The van der Waals surface area contributed by atoms with Gasteiger partial charge in [-0.15, -0.1) is 0 Å². The fourth-order valence-electron chi connectivity index (χ4n) is 14.0. The van der Waals surface area contributed by atoms with Crippen molar-refractivity contribution < 1.29 is 19.7 Å². The Bertz CT molecular complexity index is 1300. The molecule has 2 N–H and O–H groups in total. The van der Waals surface area contributed by atoms with Gasteiger partial charge in [-0.05, 0) is 56.8 Å². The molecule has 4 heteroatoms. The number of ether oxygens (including phenoxy) is 1. The Balaban J connectivity index is 3.48. The van der Waals surface area contributed by atoms with Crippen molar-refractivity contribution in [3.8, 4) is 0 Å². The maximum Gasteiger partial charge on any atom is 0.311 e. The van der Waals surface area contributed by atoms with Crippen LogP contribution in [-0.2, 0) is 9.53 Å². The van der Waals surface area contributed by atoms with Gasteiger partial charge in [0.05, 0.1) is 25.2 Å². The van der Waals surface area contributed by atoms with Crippen LogP contribution in [0.2, 0.25) is 0 Å². The molecule has 0 aromatic rings. The minimum Gasteiger partial charge on any atom is -0.469 e. The molecule has 0 fully saturated rings. The number of aliphatic hydroxyl groups excluding tert-OH is 2. The van der Waals surface area contributed by atoms with Crippen LogP contribution in [0.1, 0.15) is 477 Å². The summed E-state index contributed by atoms with van der Waals surface area (Å²) in [6.07, 6.45) is 99.1. The molecular formula is C83H164O4. The molecule has 0 heterocycles. The van der Waals surface area contributed by atoms with Gasteiger partial charge in [-0.1, -0.05) is 444 Å². The van der Waals surface area contributed by atoms with Crippen LogP contribution in [-0.4, -0.2) is 35.5 Å². The van der Waals surface area contributed by atoms with E-state index >= 15 is 0 Å². The number of hydrogen-bond donors (Lipinski definition) is 2. The second-order valence-electron chi connectivity index (χ2n) is 29.3. The number of carbonyl (C=O) groups is 1. The number of hydrogen-bond acceptors (Lipinski definition) is 4. The van der Waals surface area contributed by atoms with Gasteiger partial charge in [-0.25, -0.2) is 0 Å². The minimum absolute atomic E-state index is 0.0842. The lowest BCUT2D eigenvalue weighted by Gasteiger charge is -2.20. The molecule has 4 nitrogen and oxygen atoms in total. The first-order valence-corrected chi connectivity index (χ1v) is 41.0. The predicted octanol–water partition coefficient (Wildman–Crippen LogP) is 28.7. The molecule has 0 radical (unpaired) electrons. The second kappa shape index (κ2) is 74.2. The van der Waals surface area contributed by atoms with Gasteiger partial charge in [-0.3, -0.25) is 4.79 Å². The quantitative estimate of drug-likeness (QED) is 0.0362. The SMILES string of the molecule is CCCCCCCCCCCCCCCCCCCCCC[C@@H](C(=O)OC)[C@H](O)CCCCCCCCCCCCCCCCC[C@@H](C)C=CCCCCCCCCCCCCCCC[C@@H](O)[C@H](C)CCCCCCCCCCCCCCCCCC. The summed E-state index contributed by atoms with van der Waals surface area (Å²) < 4.78 is 5.12. The van der Waals surface area contributed by atoms with Crippen LogP contribution in [0.4, 0.5) is 0 Å². The van der Waals surface area contributed by atoms with Crippen LogP contribution in [0.5, 0.6) is 0 Å².